The molecule has 0 spiro atoms. The number of nitrogens with one attached hydrogen (secondary N) is 2. The van der Waals surface area contributed by atoms with Crippen molar-refractivity contribution < 1.29 is 4.79 Å². The molecule has 0 saturated heterocycles. The van der Waals surface area contributed by atoms with Crippen molar-refractivity contribution in [3.05, 3.63) is 57.9 Å². The third-order valence-electron chi connectivity index (χ3n) is 4.28. The molecule has 0 fully saturated rings. The molecule has 7 heteroatoms. The van der Waals surface area contributed by atoms with Gasteiger partial charge < -0.3 is 5.32 Å². The molecular weight excluding hydrogens is 318 g/mol. The summed E-state index contributed by atoms with van der Waals surface area (Å²) in [5.74, 6) is -0.0400. The number of carbonyl (C=O) groups excluding carboxylic acids is 1. The number of rotatable bonds is 6. The maximum absolute atomic E-state index is 12.4. The van der Waals surface area contributed by atoms with E-state index in [0.29, 0.717) is 36.8 Å². The van der Waals surface area contributed by atoms with Gasteiger partial charge in [0.1, 0.15) is 0 Å². The van der Waals surface area contributed by atoms with Crippen LogP contribution in [0.3, 0.4) is 0 Å². The molecule has 0 radical (unpaired) electrons. The maximum Gasteiger partial charge on any atom is 0.261 e. The van der Waals surface area contributed by atoms with Crippen LogP contribution in [0.15, 0.2) is 35.4 Å². The first-order chi connectivity index (χ1) is 12.1. The first-order valence-electron chi connectivity index (χ1n) is 8.27. The van der Waals surface area contributed by atoms with Gasteiger partial charge in [-0.1, -0.05) is 12.1 Å². The van der Waals surface area contributed by atoms with E-state index in [2.05, 4.69) is 20.5 Å². The van der Waals surface area contributed by atoms with E-state index >= 15 is 0 Å². The molecule has 130 valence electrons. The summed E-state index contributed by atoms with van der Waals surface area (Å²) >= 11 is 0. The van der Waals surface area contributed by atoms with Crippen LogP contribution in [0, 0.1) is 13.8 Å². The SMILES string of the molecule is Cc1n[nH]c(C)c1CNC(=O)CCCn1cnc2ccccc2c1=O. The summed E-state index contributed by atoms with van der Waals surface area (Å²) in [5, 5.41) is 10.5. The van der Waals surface area contributed by atoms with Crippen LogP contribution in [-0.2, 0) is 17.9 Å². The lowest BCUT2D eigenvalue weighted by Gasteiger charge is -2.08. The van der Waals surface area contributed by atoms with Crippen molar-refractivity contribution in [3.8, 4) is 0 Å². The van der Waals surface area contributed by atoms with Crippen molar-refractivity contribution in [2.45, 2.75) is 39.8 Å². The van der Waals surface area contributed by atoms with Crippen LogP contribution in [0.2, 0.25) is 0 Å². The Balaban J connectivity index is 1.53. The second-order valence-corrected chi connectivity index (χ2v) is 6.05. The summed E-state index contributed by atoms with van der Waals surface area (Å²) < 4.78 is 1.56. The highest BCUT2D eigenvalue weighted by molar-refractivity contribution is 5.77. The molecule has 0 atom stereocenters. The molecule has 3 aromatic rings. The maximum atomic E-state index is 12.4. The predicted molar refractivity (Wildman–Crippen MR) is 95.1 cm³/mol. The molecule has 2 heterocycles. The van der Waals surface area contributed by atoms with Crippen LogP contribution in [0.1, 0.15) is 29.8 Å². The van der Waals surface area contributed by atoms with E-state index in [0.717, 1.165) is 17.0 Å². The van der Waals surface area contributed by atoms with Gasteiger partial charge >= 0.3 is 0 Å². The average molecular weight is 339 g/mol. The summed E-state index contributed by atoms with van der Waals surface area (Å²) in [6.45, 7) is 4.77. The van der Waals surface area contributed by atoms with Crippen molar-refractivity contribution in [1.82, 2.24) is 25.1 Å². The molecule has 0 unspecified atom stereocenters. The number of H-pyrrole nitrogens is 1. The third kappa shape index (κ3) is 3.76. The lowest BCUT2D eigenvalue weighted by atomic mass is 10.2. The van der Waals surface area contributed by atoms with Gasteiger partial charge in [-0.3, -0.25) is 19.3 Å². The van der Waals surface area contributed by atoms with Gasteiger partial charge in [0.15, 0.2) is 0 Å². The van der Waals surface area contributed by atoms with E-state index in [1.165, 1.54) is 0 Å². The van der Waals surface area contributed by atoms with Crippen LogP contribution in [0.5, 0.6) is 0 Å². The quantitative estimate of drug-likeness (QED) is 0.716. The third-order valence-corrected chi connectivity index (χ3v) is 4.28. The number of hydrogen-bond donors (Lipinski definition) is 2. The molecule has 3 rings (SSSR count). The second-order valence-electron chi connectivity index (χ2n) is 6.05. The lowest BCUT2D eigenvalue weighted by Crippen LogP contribution is -2.25. The number of para-hydroxylation sites is 1. The summed E-state index contributed by atoms with van der Waals surface area (Å²) in [6.07, 6.45) is 2.48. The molecule has 0 aliphatic rings. The van der Waals surface area contributed by atoms with Crippen molar-refractivity contribution in [3.63, 3.8) is 0 Å². The fraction of sp³-hybridized carbons (Fsp3) is 0.333. The second kappa shape index (κ2) is 7.29. The molecule has 0 aliphatic carbocycles. The minimum absolute atomic E-state index is 0.0400. The first kappa shape index (κ1) is 16.9. The molecule has 2 aromatic heterocycles. The number of aryl methyl sites for hydroxylation is 3. The zero-order chi connectivity index (χ0) is 17.8. The monoisotopic (exact) mass is 339 g/mol. The normalized spacial score (nSPS) is 11.0. The Kier molecular flexibility index (Phi) is 4.92. The minimum atomic E-state index is -0.0735. The van der Waals surface area contributed by atoms with Gasteiger partial charge in [0.2, 0.25) is 5.91 Å². The number of amides is 1. The van der Waals surface area contributed by atoms with Crippen molar-refractivity contribution in [2.75, 3.05) is 0 Å². The van der Waals surface area contributed by atoms with Gasteiger partial charge in [-0.2, -0.15) is 5.10 Å². The standard InChI is InChI=1S/C18H21N5O2/c1-12-15(13(2)22-21-12)10-19-17(24)8-5-9-23-11-20-16-7-4-3-6-14(16)18(23)25/h3-4,6-7,11H,5,8-10H2,1-2H3,(H,19,24)(H,21,22). The van der Waals surface area contributed by atoms with Crippen LogP contribution in [0.4, 0.5) is 0 Å². The van der Waals surface area contributed by atoms with E-state index in [-0.39, 0.29) is 11.5 Å². The summed E-state index contributed by atoms with van der Waals surface area (Å²) in [5.41, 5.74) is 3.49. The van der Waals surface area contributed by atoms with Gasteiger partial charge in [0.25, 0.3) is 5.56 Å². The van der Waals surface area contributed by atoms with Crippen LogP contribution in [0.25, 0.3) is 10.9 Å². The Labute approximate surface area is 145 Å². The highest BCUT2D eigenvalue weighted by Gasteiger charge is 2.09. The summed E-state index contributed by atoms with van der Waals surface area (Å²) in [6, 6.07) is 7.26. The Morgan fingerprint density at radius 1 is 1.28 bits per heavy atom. The molecule has 2 N–H and O–H groups in total. The van der Waals surface area contributed by atoms with E-state index in [9.17, 15) is 9.59 Å². The summed E-state index contributed by atoms with van der Waals surface area (Å²) in [7, 11) is 0. The van der Waals surface area contributed by atoms with E-state index in [1.807, 2.05) is 32.0 Å². The van der Waals surface area contributed by atoms with Crippen molar-refractivity contribution >= 4 is 16.8 Å². The number of fused-ring (bicyclic) bond motifs is 1. The number of aromatic amines is 1. The number of aromatic nitrogens is 4. The van der Waals surface area contributed by atoms with Gasteiger partial charge in [-0.05, 0) is 32.4 Å². The lowest BCUT2D eigenvalue weighted by molar-refractivity contribution is -0.121. The highest BCUT2D eigenvalue weighted by Crippen LogP contribution is 2.09. The minimum Gasteiger partial charge on any atom is -0.352 e. The predicted octanol–water partition coefficient (Wildman–Crippen LogP) is 1.83. The molecular formula is C18H21N5O2. The number of benzene rings is 1. The zero-order valence-corrected chi connectivity index (χ0v) is 14.4. The Bertz CT molecular complexity index is 938. The van der Waals surface area contributed by atoms with E-state index in [1.54, 1.807) is 17.0 Å². The fourth-order valence-corrected chi connectivity index (χ4v) is 2.79. The number of carbonyl (C=O) groups is 1. The average Bonchev–Trinajstić information content (AvgIpc) is 2.93. The smallest absolute Gasteiger partial charge is 0.261 e. The van der Waals surface area contributed by atoms with Crippen LogP contribution < -0.4 is 10.9 Å². The fourth-order valence-electron chi connectivity index (χ4n) is 2.79. The van der Waals surface area contributed by atoms with E-state index in [4.69, 9.17) is 0 Å². The van der Waals surface area contributed by atoms with Crippen molar-refractivity contribution in [2.24, 2.45) is 0 Å². The molecule has 0 saturated carbocycles. The molecule has 7 nitrogen and oxygen atoms in total. The summed E-state index contributed by atoms with van der Waals surface area (Å²) in [4.78, 5) is 28.7. The molecule has 25 heavy (non-hydrogen) atoms. The Hall–Kier alpha value is -2.96. The largest absolute Gasteiger partial charge is 0.352 e. The van der Waals surface area contributed by atoms with Gasteiger partial charge in [-0.25, -0.2) is 4.98 Å². The van der Waals surface area contributed by atoms with Crippen molar-refractivity contribution in [1.29, 1.82) is 0 Å². The number of nitrogens with zero attached hydrogens (tertiary/aromatic N) is 3. The molecule has 0 bridgehead atoms. The Morgan fingerprint density at radius 3 is 2.84 bits per heavy atom. The van der Waals surface area contributed by atoms with Gasteiger partial charge in [-0.15, -0.1) is 0 Å². The van der Waals surface area contributed by atoms with Crippen LogP contribution >= 0.6 is 0 Å². The first-order valence-corrected chi connectivity index (χ1v) is 8.27. The molecule has 1 amide bonds. The topological polar surface area (TPSA) is 92.7 Å². The highest BCUT2D eigenvalue weighted by atomic mass is 16.1. The number of hydrogen-bond acceptors (Lipinski definition) is 4. The Morgan fingerprint density at radius 2 is 2.08 bits per heavy atom. The van der Waals surface area contributed by atoms with Gasteiger partial charge in [0, 0.05) is 30.8 Å². The zero-order valence-electron chi connectivity index (χ0n) is 14.4. The molecule has 1 aromatic carbocycles. The van der Waals surface area contributed by atoms with Crippen LogP contribution in [-0.4, -0.2) is 25.7 Å². The van der Waals surface area contributed by atoms with Gasteiger partial charge in [0.05, 0.1) is 22.9 Å². The molecule has 0 aliphatic heterocycles. The van der Waals surface area contributed by atoms with E-state index < -0.39 is 0 Å².